The van der Waals surface area contributed by atoms with Crippen molar-refractivity contribution in [3.8, 4) is 0 Å². The first kappa shape index (κ1) is 16.3. The van der Waals surface area contributed by atoms with E-state index in [2.05, 4.69) is 36.6 Å². The number of halogens is 2. The summed E-state index contributed by atoms with van der Waals surface area (Å²) < 4.78 is 28.8. The molecule has 1 aromatic carbocycles. The average Bonchev–Trinajstić information content (AvgIpc) is 2.78. The van der Waals surface area contributed by atoms with Crippen LogP contribution in [0.3, 0.4) is 0 Å². The standard InChI is InChI=1S/C13H18Br2N2O2S/c1-8(9-4-2-3-5-9)17-20(18,19)13-11(14)6-10(16)7-12(13)15/h6-9,17H,2-5,16H2,1H3. The molecule has 7 heteroatoms. The number of sulfonamides is 1. The fraction of sp³-hybridized carbons (Fsp3) is 0.538. The van der Waals surface area contributed by atoms with Crippen LogP contribution in [-0.4, -0.2) is 14.5 Å². The Balaban J connectivity index is 2.26. The monoisotopic (exact) mass is 424 g/mol. The van der Waals surface area contributed by atoms with E-state index in [1.807, 2.05) is 6.92 Å². The van der Waals surface area contributed by atoms with Gasteiger partial charge in [0.1, 0.15) is 4.90 Å². The third-order valence-electron chi connectivity index (χ3n) is 3.74. The number of benzene rings is 1. The third kappa shape index (κ3) is 3.55. The number of nitrogens with two attached hydrogens (primary N) is 1. The molecule has 1 fully saturated rings. The molecule has 1 unspecified atom stereocenters. The molecular formula is C13H18Br2N2O2S. The van der Waals surface area contributed by atoms with Crippen molar-refractivity contribution in [2.24, 2.45) is 5.92 Å². The van der Waals surface area contributed by atoms with E-state index in [0.29, 0.717) is 20.6 Å². The molecule has 1 aliphatic rings. The van der Waals surface area contributed by atoms with Crippen molar-refractivity contribution in [1.29, 1.82) is 0 Å². The molecule has 1 aromatic rings. The number of nitrogen functional groups attached to an aromatic ring is 1. The molecule has 20 heavy (non-hydrogen) atoms. The lowest BCUT2D eigenvalue weighted by Gasteiger charge is -2.21. The smallest absolute Gasteiger partial charge is 0.243 e. The second kappa shape index (κ2) is 6.34. The van der Waals surface area contributed by atoms with Crippen LogP contribution in [-0.2, 0) is 10.0 Å². The summed E-state index contributed by atoms with van der Waals surface area (Å²) in [6.07, 6.45) is 4.56. The normalized spacial score (nSPS) is 18.4. The summed E-state index contributed by atoms with van der Waals surface area (Å²) in [7, 11) is -3.57. The van der Waals surface area contributed by atoms with Gasteiger partial charge in [0.05, 0.1) is 0 Å². The van der Waals surface area contributed by atoms with Crippen LogP contribution < -0.4 is 10.5 Å². The highest BCUT2D eigenvalue weighted by atomic mass is 79.9. The maximum Gasteiger partial charge on any atom is 0.243 e. The molecule has 3 N–H and O–H groups in total. The molecule has 0 bridgehead atoms. The second-order valence-corrected chi connectivity index (χ2v) is 8.63. The first-order chi connectivity index (χ1) is 9.31. The topological polar surface area (TPSA) is 72.2 Å². The van der Waals surface area contributed by atoms with Crippen molar-refractivity contribution >= 4 is 47.6 Å². The molecule has 2 rings (SSSR count). The first-order valence-corrected chi connectivity index (χ1v) is 9.65. The predicted molar refractivity (Wildman–Crippen MR) is 88.0 cm³/mol. The van der Waals surface area contributed by atoms with Gasteiger partial charge in [-0.05, 0) is 69.7 Å². The lowest BCUT2D eigenvalue weighted by molar-refractivity contribution is 0.424. The van der Waals surface area contributed by atoms with E-state index in [1.165, 1.54) is 12.8 Å². The van der Waals surface area contributed by atoms with Crippen molar-refractivity contribution in [2.45, 2.75) is 43.5 Å². The maximum absolute atomic E-state index is 12.5. The minimum atomic E-state index is -3.57. The number of anilines is 1. The highest BCUT2D eigenvalue weighted by Crippen LogP contribution is 2.34. The minimum Gasteiger partial charge on any atom is -0.399 e. The summed E-state index contributed by atoms with van der Waals surface area (Å²) in [6.45, 7) is 1.94. The predicted octanol–water partition coefficient (Wildman–Crippen LogP) is 3.65. The third-order valence-corrected chi connectivity index (χ3v) is 7.17. The fourth-order valence-corrected chi connectivity index (χ4v) is 6.63. The van der Waals surface area contributed by atoms with Crippen molar-refractivity contribution < 1.29 is 8.42 Å². The van der Waals surface area contributed by atoms with Crippen LogP contribution in [0.4, 0.5) is 5.69 Å². The SMILES string of the molecule is CC(NS(=O)(=O)c1c(Br)cc(N)cc1Br)C1CCCC1. The molecule has 0 radical (unpaired) electrons. The minimum absolute atomic E-state index is 0.0566. The number of nitrogens with one attached hydrogen (secondary N) is 1. The van der Waals surface area contributed by atoms with Crippen LogP contribution in [0.25, 0.3) is 0 Å². The quantitative estimate of drug-likeness (QED) is 0.723. The van der Waals surface area contributed by atoms with Gasteiger partial charge in [-0.3, -0.25) is 0 Å². The summed E-state index contributed by atoms with van der Waals surface area (Å²) in [5.74, 6) is 0.427. The van der Waals surface area contributed by atoms with E-state index in [9.17, 15) is 8.42 Å². The van der Waals surface area contributed by atoms with E-state index >= 15 is 0 Å². The molecule has 0 amide bonds. The number of hydrogen-bond acceptors (Lipinski definition) is 3. The number of rotatable bonds is 4. The Morgan fingerprint density at radius 2 is 1.75 bits per heavy atom. The highest BCUT2D eigenvalue weighted by molar-refractivity contribution is 9.11. The molecule has 4 nitrogen and oxygen atoms in total. The lowest BCUT2D eigenvalue weighted by Crippen LogP contribution is -2.37. The van der Waals surface area contributed by atoms with Crippen LogP contribution in [0, 0.1) is 5.92 Å². The van der Waals surface area contributed by atoms with Gasteiger partial charge in [0.25, 0.3) is 0 Å². The molecule has 112 valence electrons. The van der Waals surface area contributed by atoms with Gasteiger partial charge >= 0.3 is 0 Å². The largest absolute Gasteiger partial charge is 0.399 e. The van der Waals surface area contributed by atoms with E-state index < -0.39 is 10.0 Å². The van der Waals surface area contributed by atoms with E-state index in [-0.39, 0.29) is 10.9 Å². The van der Waals surface area contributed by atoms with E-state index in [4.69, 9.17) is 5.73 Å². The molecule has 0 saturated heterocycles. The van der Waals surface area contributed by atoms with Crippen molar-refractivity contribution in [3.63, 3.8) is 0 Å². The van der Waals surface area contributed by atoms with Gasteiger partial charge in [0, 0.05) is 20.7 Å². The van der Waals surface area contributed by atoms with Crippen LogP contribution in [0.15, 0.2) is 26.0 Å². The molecular weight excluding hydrogens is 408 g/mol. The van der Waals surface area contributed by atoms with Crippen LogP contribution in [0.5, 0.6) is 0 Å². The van der Waals surface area contributed by atoms with Gasteiger partial charge in [-0.25, -0.2) is 13.1 Å². The Morgan fingerprint density at radius 3 is 2.25 bits per heavy atom. The Kier molecular flexibility index (Phi) is 5.15. The fourth-order valence-electron chi connectivity index (χ4n) is 2.69. The molecule has 0 aliphatic heterocycles. The summed E-state index contributed by atoms with van der Waals surface area (Å²) in [5, 5.41) is 0. The zero-order valence-electron chi connectivity index (χ0n) is 11.2. The zero-order valence-corrected chi connectivity index (χ0v) is 15.2. The average molecular weight is 426 g/mol. The van der Waals surface area contributed by atoms with Gasteiger partial charge in [-0.1, -0.05) is 12.8 Å². The van der Waals surface area contributed by atoms with Crippen LogP contribution >= 0.6 is 31.9 Å². The Morgan fingerprint density at radius 1 is 1.25 bits per heavy atom. The van der Waals surface area contributed by atoms with Gasteiger partial charge in [0.2, 0.25) is 10.0 Å². The van der Waals surface area contributed by atoms with Gasteiger partial charge in [-0.15, -0.1) is 0 Å². The van der Waals surface area contributed by atoms with Gasteiger partial charge in [0.15, 0.2) is 0 Å². The summed E-state index contributed by atoms with van der Waals surface area (Å²) in [6, 6.07) is 3.14. The molecule has 1 atom stereocenters. The summed E-state index contributed by atoms with van der Waals surface area (Å²) >= 11 is 6.56. The van der Waals surface area contributed by atoms with Gasteiger partial charge in [-0.2, -0.15) is 0 Å². The lowest BCUT2D eigenvalue weighted by atomic mass is 10.0. The van der Waals surface area contributed by atoms with E-state index in [0.717, 1.165) is 12.8 Å². The highest BCUT2D eigenvalue weighted by Gasteiger charge is 2.28. The molecule has 0 heterocycles. The molecule has 0 spiro atoms. The summed E-state index contributed by atoms with van der Waals surface area (Å²) in [5.41, 5.74) is 6.20. The van der Waals surface area contributed by atoms with Crippen LogP contribution in [0.1, 0.15) is 32.6 Å². The van der Waals surface area contributed by atoms with Crippen LogP contribution in [0.2, 0.25) is 0 Å². The Bertz CT molecular complexity index is 575. The maximum atomic E-state index is 12.5. The van der Waals surface area contributed by atoms with Crippen molar-refractivity contribution in [3.05, 3.63) is 21.1 Å². The van der Waals surface area contributed by atoms with Crippen molar-refractivity contribution in [2.75, 3.05) is 5.73 Å². The molecule has 1 aliphatic carbocycles. The van der Waals surface area contributed by atoms with Crippen molar-refractivity contribution in [1.82, 2.24) is 4.72 Å². The first-order valence-electron chi connectivity index (χ1n) is 6.58. The second-order valence-electron chi connectivity index (χ2n) is 5.27. The Hall–Kier alpha value is -0.110. The summed E-state index contributed by atoms with van der Waals surface area (Å²) in [4.78, 5) is 0.205. The van der Waals surface area contributed by atoms with E-state index in [1.54, 1.807) is 12.1 Å². The molecule has 1 saturated carbocycles. The molecule has 0 aromatic heterocycles. The Labute approximate surface area is 136 Å². The van der Waals surface area contributed by atoms with Gasteiger partial charge < -0.3 is 5.73 Å². The number of hydrogen-bond donors (Lipinski definition) is 2. The zero-order chi connectivity index (χ0) is 14.9.